The first-order chi connectivity index (χ1) is 9.22. The first kappa shape index (κ1) is 13.8. The molecule has 0 saturated carbocycles. The van der Waals surface area contributed by atoms with Crippen molar-refractivity contribution in [3.8, 4) is 0 Å². The van der Waals surface area contributed by atoms with E-state index in [1.54, 1.807) is 0 Å². The van der Waals surface area contributed by atoms with Gasteiger partial charge in [0, 0.05) is 12.2 Å². The fraction of sp³-hybridized carbons (Fsp3) is 0.500. The Morgan fingerprint density at radius 3 is 2.95 bits per heavy atom. The average molecular weight is 262 g/mol. The van der Waals surface area contributed by atoms with Gasteiger partial charge in [0.2, 0.25) is 0 Å². The molecule has 0 radical (unpaired) electrons. The van der Waals surface area contributed by atoms with Crippen molar-refractivity contribution in [1.29, 1.82) is 0 Å². The summed E-state index contributed by atoms with van der Waals surface area (Å²) in [6, 6.07) is 5.68. The molecule has 2 aromatic rings. The van der Waals surface area contributed by atoms with Crippen LogP contribution in [0.4, 0.5) is 5.69 Å². The molecule has 1 aromatic heterocycles. The minimum atomic E-state index is 0.177. The first-order valence-corrected chi connectivity index (χ1v) is 6.80. The third-order valence-electron chi connectivity index (χ3n) is 3.17. The Kier molecular flexibility index (Phi) is 4.76. The number of nitrogens with zero attached hydrogens (tertiary/aromatic N) is 2. The molecule has 0 unspecified atom stereocenters. The molecule has 2 rings (SSSR count). The van der Waals surface area contributed by atoms with E-state index in [0.717, 1.165) is 48.5 Å². The van der Waals surface area contributed by atoms with E-state index in [9.17, 15) is 0 Å². The Bertz CT molecular complexity index is 523. The molecular weight excluding hydrogens is 240 g/mol. The van der Waals surface area contributed by atoms with Crippen molar-refractivity contribution in [2.75, 3.05) is 25.4 Å². The van der Waals surface area contributed by atoms with Crippen LogP contribution in [-0.2, 0) is 6.54 Å². The van der Waals surface area contributed by atoms with Crippen LogP contribution in [-0.4, -0.2) is 39.7 Å². The fourth-order valence-corrected chi connectivity index (χ4v) is 2.16. The van der Waals surface area contributed by atoms with Gasteiger partial charge in [-0.15, -0.1) is 0 Å². The number of aromatic nitrogens is 2. The molecule has 104 valence electrons. The Morgan fingerprint density at radius 2 is 2.21 bits per heavy atom. The van der Waals surface area contributed by atoms with Crippen molar-refractivity contribution in [3.05, 3.63) is 24.0 Å². The fourth-order valence-electron chi connectivity index (χ4n) is 2.16. The summed E-state index contributed by atoms with van der Waals surface area (Å²) in [5, 5.41) is 9.10. The lowest BCUT2D eigenvalue weighted by molar-refractivity contribution is 0.186. The largest absolute Gasteiger partial charge is 0.399 e. The smallest absolute Gasteiger partial charge is 0.121 e. The van der Waals surface area contributed by atoms with E-state index in [-0.39, 0.29) is 6.61 Å². The Morgan fingerprint density at radius 1 is 1.37 bits per heavy atom. The lowest BCUT2D eigenvalue weighted by Gasteiger charge is -2.19. The number of hydrogen-bond acceptors (Lipinski definition) is 4. The standard InChI is InChI=1S/C14H22N4O/c1-2-3-6-18(7-8-19)10-14-16-12-5-4-11(15)9-13(12)17-14/h4-5,9,19H,2-3,6-8,10,15H2,1H3,(H,16,17). The van der Waals surface area contributed by atoms with Crippen molar-refractivity contribution in [2.24, 2.45) is 0 Å². The number of H-pyrrole nitrogens is 1. The van der Waals surface area contributed by atoms with Crippen molar-refractivity contribution >= 4 is 16.7 Å². The van der Waals surface area contributed by atoms with Crippen LogP contribution in [0.15, 0.2) is 18.2 Å². The van der Waals surface area contributed by atoms with E-state index in [1.165, 1.54) is 0 Å². The zero-order valence-corrected chi connectivity index (χ0v) is 11.4. The molecule has 5 nitrogen and oxygen atoms in total. The predicted molar refractivity (Wildman–Crippen MR) is 77.8 cm³/mol. The second-order valence-electron chi connectivity index (χ2n) is 4.81. The van der Waals surface area contributed by atoms with Crippen molar-refractivity contribution in [2.45, 2.75) is 26.3 Å². The summed E-state index contributed by atoms with van der Waals surface area (Å²) in [6.07, 6.45) is 2.28. The van der Waals surface area contributed by atoms with Gasteiger partial charge in [-0.3, -0.25) is 4.90 Å². The minimum absolute atomic E-state index is 0.177. The quantitative estimate of drug-likeness (QED) is 0.664. The van der Waals surface area contributed by atoms with Crippen LogP contribution in [0.1, 0.15) is 25.6 Å². The molecule has 4 N–H and O–H groups in total. The van der Waals surface area contributed by atoms with Crippen LogP contribution in [0.25, 0.3) is 11.0 Å². The molecule has 0 aliphatic carbocycles. The predicted octanol–water partition coefficient (Wildman–Crippen LogP) is 1.74. The second-order valence-corrected chi connectivity index (χ2v) is 4.81. The molecular formula is C14H22N4O. The maximum absolute atomic E-state index is 9.10. The number of imidazole rings is 1. The summed E-state index contributed by atoms with van der Waals surface area (Å²) >= 11 is 0. The van der Waals surface area contributed by atoms with Gasteiger partial charge in [0.05, 0.1) is 24.2 Å². The monoisotopic (exact) mass is 262 g/mol. The van der Waals surface area contributed by atoms with E-state index in [4.69, 9.17) is 10.8 Å². The molecule has 0 amide bonds. The normalized spacial score (nSPS) is 11.5. The van der Waals surface area contributed by atoms with Crippen LogP contribution in [0.5, 0.6) is 0 Å². The summed E-state index contributed by atoms with van der Waals surface area (Å²) in [6.45, 7) is 4.74. The molecule has 19 heavy (non-hydrogen) atoms. The van der Waals surface area contributed by atoms with Gasteiger partial charge in [-0.2, -0.15) is 0 Å². The Balaban J connectivity index is 2.09. The van der Waals surface area contributed by atoms with Crippen molar-refractivity contribution in [3.63, 3.8) is 0 Å². The summed E-state index contributed by atoms with van der Waals surface area (Å²) in [5.74, 6) is 0.921. The van der Waals surface area contributed by atoms with Crippen LogP contribution >= 0.6 is 0 Å². The van der Waals surface area contributed by atoms with E-state index >= 15 is 0 Å². The maximum Gasteiger partial charge on any atom is 0.121 e. The third kappa shape index (κ3) is 3.68. The number of anilines is 1. The van der Waals surface area contributed by atoms with Gasteiger partial charge in [0.15, 0.2) is 0 Å². The number of aromatic amines is 1. The molecule has 0 saturated heterocycles. The second kappa shape index (κ2) is 6.54. The van der Waals surface area contributed by atoms with Crippen LogP contribution < -0.4 is 5.73 Å². The van der Waals surface area contributed by atoms with Gasteiger partial charge in [-0.1, -0.05) is 13.3 Å². The summed E-state index contributed by atoms with van der Waals surface area (Å²) in [7, 11) is 0. The van der Waals surface area contributed by atoms with Crippen LogP contribution in [0.2, 0.25) is 0 Å². The van der Waals surface area contributed by atoms with Gasteiger partial charge < -0.3 is 15.8 Å². The number of fused-ring (bicyclic) bond motifs is 1. The summed E-state index contributed by atoms with van der Waals surface area (Å²) in [4.78, 5) is 10.0. The number of rotatable bonds is 7. The van der Waals surface area contributed by atoms with Crippen LogP contribution in [0, 0.1) is 0 Å². The van der Waals surface area contributed by atoms with Gasteiger partial charge in [-0.25, -0.2) is 4.98 Å². The maximum atomic E-state index is 9.10. The SMILES string of the molecule is CCCCN(CCO)Cc1nc2ccc(N)cc2[nH]1. The molecule has 1 aromatic carbocycles. The molecule has 1 heterocycles. The summed E-state index contributed by atoms with van der Waals surface area (Å²) < 4.78 is 0. The highest BCUT2D eigenvalue weighted by Gasteiger charge is 2.09. The van der Waals surface area contributed by atoms with E-state index in [1.807, 2.05) is 18.2 Å². The first-order valence-electron chi connectivity index (χ1n) is 6.80. The van der Waals surface area contributed by atoms with Crippen LogP contribution in [0.3, 0.4) is 0 Å². The Labute approximate surface area is 113 Å². The van der Waals surface area contributed by atoms with E-state index in [0.29, 0.717) is 6.54 Å². The number of unbranched alkanes of at least 4 members (excludes halogenated alkanes) is 1. The molecule has 0 spiro atoms. The number of benzene rings is 1. The zero-order valence-electron chi connectivity index (χ0n) is 11.4. The zero-order chi connectivity index (χ0) is 13.7. The number of aliphatic hydroxyl groups excluding tert-OH is 1. The minimum Gasteiger partial charge on any atom is -0.399 e. The van der Waals surface area contributed by atoms with E-state index < -0.39 is 0 Å². The molecule has 0 aliphatic rings. The molecule has 5 heteroatoms. The topological polar surface area (TPSA) is 78.2 Å². The highest BCUT2D eigenvalue weighted by Crippen LogP contribution is 2.15. The highest BCUT2D eigenvalue weighted by molar-refractivity contribution is 5.78. The number of aliphatic hydroxyl groups is 1. The lowest BCUT2D eigenvalue weighted by Crippen LogP contribution is -2.28. The summed E-state index contributed by atoms with van der Waals surface area (Å²) in [5.41, 5.74) is 8.39. The molecule has 0 fully saturated rings. The number of hydrogen-bond donors (Lipinski definition) is 3. The van der Waals surface area contributed by atoms with Gasteiger partial charge in [-0.05, 0) is 31.2 Å². The van der Waals surface area contributed by atoms with Gasteiger partial charge >= 0.3 is 0 Å². The lowest BCUT2D eigenvalue weighted by atomic mass is 10.3. The van der Waals surface area contributed by atoms with Gasteiger partial charge in [0.1, 0.15) is 5.82 Å². The third-order valence-corrected chi connectivity index (χ3v) is 3.17. The number of nitrogens with two attached hydrogens (primary N) is 1. The van der Waals surface area contributed by atoms with E-state index in [2.05, 4.69) is 21.8 Å². The highest BCUT2D eigenvalue weighted by atomic mass is 16.3. The van der Waals surface area contributed by atoms with Crippen molar-refractivity contribution in [1.82, 2.24) is 14.9 Å². The number of nitrogen functional groups attached to an aromatic ring is 1. The van der Waals surface area contributed by atoms with Gasteiger partial charge in [0.25, 0.3) is 0 Å². The molecule has 0 atom stereocenters. The molecule has 0 bridgehead atoms. The van der Waals surface area contributed by atoms with Crippen molar-refractivity contribution < 1.29 is 5.11 Å². The molecule has 0 aliphatic heterocycles. The number of nitrogens with one attached hydrogen (secondary N) is 1. The average Bonchev–Trinajstić information content (AvgIpc) is 2.77. The Hall–Kier alpha value is -1.59.